The van der Waals surface area contributed by atoms with Gasteiger partial charge in [0.2, 0.25) is 11.8 Å². The summed E-state index contributed by atoms with van der Waals surface area (Å²) >= 11 is 1.41. The van der Waals surface area contributed by atoms with Crippen LogP contribution in [0.5, 0.6) is 5.75 Å². The quantitative estimate of drug-likeness (QED) is 0.793. The number of likely N-dealkylation sites (tertiary alicyclic amines) is 1. The van der Waals surface area contributed by atoms with Crippen LogP contribution in [0.1, 0.15) is 12.8 Å². The zero-order valence-corrected chi connectivity index (χ0v) is 16.3. The number of amides is 2. The molecule has 7 nitrogen and oxygen atoms in total. The first-order valence-electron chi connectivity index (χ1n) is 8.93. The molecule has 0 atom stereocenters. The van der Waals surface area contributed by atoms with Gasteiger partial charge in [0.05, 0.1) is 19.3 Å². The first-order valence-corrected chi connectivity index (χ1v) is 9.80. The Morgan fingerprint density at radius 3 is 2.59 bits per heavy atom. The molecule has 0 radical (unpaired) electrons. The number of nitrogens with zero attached hydrogens (tertiary/aromatic N) is 2. The third-order valence-corrected chi connectivity index (χ3v) is 5.47. The molecule has 2 amide bonds. The molecule has 1 aromatic carbocycles. The van der Waals surface area contributed by atoms with E-state index in [2.05, 4.69) is 20.5 Å². The lowest BCUT2D eigenvalue weighted by Crippen LogP contribution is -2.42. The highest BCUT2D eigenvalue weighted by atomic mass is 32.1. The number of piperidine rings is 1. The number of benzene rings is 1. The second kappa shape index (κ2) is 8.96. The van der Waals surface area contributed by atoms with E-state index in [-0.39, 0.29) is 17.7 Å². The Morgan fingerprint density at radius 2 is 1.96 bits per heavy atom. The molecule has 27 heavy (non-hydrogen) atoms. The van der Waals surface area contributed by atoms with Gasteiger partial charge in [-0.05, 0) is 50.2 Å². The van der Waals surface area contributed by atoms with E-state index in [1.54, 1.807) is 14.2 Å². The molecule has 2 aromatic rings. The third kappa shape index (κ3) is 5.05. The Balaban J connectivity index is 1.50. The molecule has 1 aromatic heterocycles. The van der Waals surface area contributed by atoms with Gasteiger partial charge in [0.25, 0.3) is 0 Å². The minimum absolute atomic E-state index is 0.0559. The number of rotatable bonds is 6. The summed E-state index contributed by atoms with van der Waals surface area (Å²) in [5.74, 6) is 0.861. The van der Waals surface area contributed by atoms with Crippen LogP contribution in [0.4, 0.5) is 5.13 Å². The summed E-state index contributed by atoms with van der Waals surface area (Å²) in [6.07, 6.45) is 1.57. The van der Waals surface area contributed by atoms with E-state index in [1.807, 2.05) is 29.6 Å². The molecule has 3 rings (SSSR count). The summed E-state index contributed by atoms with van der Waals surface area (Å²) in [7, 11) is 3.29. The molecule has 0 bridgehead atoms. The van der Waals surface area contributed by atoms with Crippen LogP contribution in [0.15, 0.2) is 29.6 Å². The molecule has 2 heterocycles. The highest BCUT2D eigenvalue weighted by molar-refractivity contribution is 7.14. The van der Waals surface area contributed by atoms with Gasteiger partial charge in [-0.3, -0.25) is 14.5 Å². The maximum atomic E-state index is 12.3. The van der Waals surface area contributed by atoms with Gasteiger partial charge in [0, 0.05) is 23.9 Å². The molecule has 1 aliphatic rings. The normalized spacial score (nSPS) is 15.3. The van der Waals surface area contributed by atoms with Crippen molar-refractivity contribution in [3.8, 4) is 17.0 Å². The predicted molar refractivity (Wildman–Crippen MR) is 106 cm³/mol. The van der Waals surface area contributed by atoms with E-state index in [0.717, 1.165) is 42.9 Å². The van der Waals surface area contributed by atoms with Crippen LogP contribution in [-0.2, 0) is 9.59 Å². The van der Waals surface area contributed by atoms with Crippen LogP contribution in [0.3, 0.4) is 0 Å². The molecule has 8 heteroatoms. The van der Waals surface area contributed by atoms with Crippen molar-refractivity contribution in [3.05, 3.63) is 29.6 Å². The monoisotopic (exact) mass is 388 g/mol. The van der Waals surface area contributed by atoms with Gasteiger partial charge in [0.1, 0.15) is 5.75 Å². The van der Waals surface area contributed by atoms with Crippen LogP contribution in [0, 0.1) is 5.92 Å². The smallest absolute Gasteiger partial charge is 0.240 e. The second-order valence-electron chi connectivity index (χ2n) is 6.48. The maximum Gasteiger partial charge on any atom is 0.240 e. The van der Waals surface area contributed by atoms with Crippen LogP contribution in [-0.4, -0.2) is 55.5 Å². The van der Waals surface area contributed by atoms with E-state index >= 15 is 0 Å². The standard InChI is InChI=1S/C19H24N4O3S/c1-20-18(25)14-7-9-23(10-8-14)11-17(24)22-19-21-16(12-27-19)13-3-5-15(26-2)6-4-13/h3-6,12,14H,7-11H2,1-2H3,(H,20,25)(H,21,22,24). The van der Waals surface area contributed by atoms with Crippen molar-refractivity contribution in [2.75, 3.05) is 39.1 Å². The summed E-state index contributed by atoms with van der Waals surface area (Å²) in [6.45, 7) is 1.82. The van der Waals surface area contributed by atoms with Crippen molar-refractivity contribution in [1.29, 1.82) is 0 Å². The van der Waals surface area contributed by atoms with E-state index in [0.29, 0.717) is 11.7 Å². The lowest BCUT2D eigenvalue weighted by Gasteiger charge is -2.30. The average Bonchev–Trinajstić information content (AvgIpc) is 3.16. The molecule has 2 N–H and O–H groups in total. The number of carbonyl (C=O) groups excluding carboxylic acids is 2. The predicted octanol–water partition coefficient (Wildman–Crippen LogP) is 2.22. The number of aromatic nitrogens is 1. The molecule has 0 aliphatic carbocycles. The molecule has 0 saturated carbocycles. The number of hydrogen-bond donors (Lipinski definition) is 2. The Hall–Kier alpha value is -2.45. The van der Waals surface area contributed by atoms with Gasteiger partial charge in [-0.15, -0.1) is 11.3 Å². The number of ether oxygens (including phenoxy) is 1. The highest BCUT2D eigenvalue weighted by Gasteiger charge is 2.25. The Labute approximate surface area is 162 Å². The van der Waals surface area contributed by atoms with Gasteiger partial charge < -0.3 is 15.4 Å². The number of nitrogens with one attached hydrogen (secondary N) is 2. The van der Waals surface area contributed by atoms with Crippen molar-refractivity contribution < 1.29 is 14.3 Å². The second-order valence-corrected chi connectivity index (χ2v) is 7.34. The molecule has 0 unspecified atom stereocenters. The van der Waals surface area contributed by atoms with E-state index in [4.69, 9.17) is 4.74 Å². The van der Waals surface area contributed by atoms with Gasteiger partial charge >= 0.3 is 0 Å². The maximum absolute atomic E-state index is 12.3. The lowest BCUT2D eigenvalue weighted by atomic mass is 9.96. The van der Waals surface area contributed by atoms with E-state index in [9.17, 15) is 9.59 Å². The Kier molecular flexibility index (Phi) is 6.41. The van der Waals surface area contributed by atoms with Crippen molar-refractivity contribution in [2.24, 2.45) is 5.92 Å². The Bertz CT molecular complexity index is 783. The average molecular weight is 388 g/mol. The number of methoxy groups -OCH3 is 1. The zero-order chi connectivity index (χ0) is 19.2. The van der Waals surface area contributed by atoms with Crippen LogP contribution in [0.25, 0.3) is 11.3 Å². The number of hydrogen-bond acceptors (Lipinski definition) is 6. The minimum atomic E-state index is -0.0796. The van der Waals surface area contributed by atoms with E-state index in [1.165, 1.54) is 11.3 Å². The van der Waals surface area contributed by atoms with Crippen LogP contribution >= 0.6 is 11.3 Å². The van der Waals surface area contributed by atoms with Crippen molar-refractivity contribution in [2.45, 2.75) is 12.8 Å². The molecule has 144 valence electrons. The molecular formula is C19H24N4O3S. The SMILES string of the molecule is CNC(=O)C1CCN(CC(=O)Nc2nc(-c3ccc(OC)cc3)cs2)CC1. The number of thiazole rings is 1. The summed E-state index contributed by atoms with van der Waals surface area (Å²) in [5.41, 5.74) is 1.80. The topological polar surface area (TPSA) is 83.6 Å². The first-order chi connectivity index (χ1) is 13.1. The molecule has 1 aliphatic heterocycles. The van der Waals surface area contributed by atoms with Crippen LogP contribution < -0.4 is 15.4 Å². The molecule has 1 fully saturated rings. The van der Waals surface area contributed by atoms with Crippen molar-refractivity contribution in [3.63, 3.8) is 0 Å². The fourth-order valence-electron chi connectivity index (χ4n) is 3.14. The van der Waals surface area contributed by atoms with E-state index < -0.39 is 0 Å². The van der Waals surface area contributed by atoms with Gasteiger partial charge in [0.15, 0.2) is 5.13 Å². The fraction of sp³-hybridized carbons (Fsp3) is 0.421. The number of anilines is 1. The van der Waals surface area contributed by atoms with Crippen molar-refractivity contribution in [1.82, 2.24) is 15.2 Å². The summed E-state index contributed by atoms with van der Waals surface area (Å²) in [6, 6.07) is 7.65. The molecular weight excluding hydrogens is 364 g/mol. The van der Waals surface area contributed by atoms with Crippen molar-refractivity contribution >= 4 is 28.3 Å². The lowest BCUT2D eigenvalue weighted by molar-refractivity contribution is -0.126. The largest absolute Gasteiger partial charge is 0.497 e. The zero-order valence-electron chi connectivity index (χ0n) is 15.5. The summed E-state index contributed by atoms with van der Waals surface area (Å²) in [4.78, 5) is 30.5. The Morgan fingerprint density at radius 1 is 1.26 bits per heavy atom. The molecule has 0 spiro atoms. The first kappa shape index (κ1) is 19.3. The van der Waals surface area contributed by atoms with Gasteiger partial charge in [-0.25, -0.2) is 4.98 Å². The fourth-order valence-corrected chi connectivity index (χ4v) is 3.88. The van der Waals surface area contributed by atoms with Gasteiger partial charge in [-0.2, -0.15) is 0 Å². The highest BCUT2D eigenvalue weighted by Crippen LogP contribution is 2.26. The van der Waals surface area contributed by atoms with Crippen LogP contribution in [0.2, 0.25) is 0 Å². The number of carbonyl (C=O) groups is 2. The molecule has 1 saturated heterocycles. The summed E-state index contributed by atoms with van der Waals surface area (Å²) in [5, 5.41) is 8.08. The minimum Gasteiger partial charge on any atom is -0.497 e. The third-order valence-electron chi connectivity index (χ3n) is 4.71. The van der Waals surface area contributed by atoms with Gasteiger partial charge in [-0.1, -0.05) is 0 Å². The summed E-state index contributed by atoms with van der Waals surface area (Å²) < 4.78 is 5.16.